The van der Waals surface area contributed by atoms with Gasteiger partial charge in [-0.3, -0.25) is 4.79 Å². The van der Waals surface area contributed by atoms with E-state index in [9.17, 15) is 4.79 Å². The highest BCUT2D eigenvalue weighted by Crippen LogP contribution is 2.34. The van der Waals surface area contributed by atoms with Crippen LogP contribution in [-0.4, -0.2) is 5.78 Å². The van der Waals surface area contributed by atoms with Crippen LogP contribution in [-0.2, 0) is 4.79 Å². The van der Waals surface area contributed by atoms with Gasteiger partial charge in [-0.25, -0.2) is 0 Å². The Bertz CT molecular complexity index is 316. The fraction of sp³-hybridized carbons (Fsp3) is 0.462. The summed E-state index contributed by atoms with van der Waals surface area (Å²) in [6, 6.07) is 0. The van der Waals surface area contributed by atoms with Crippen molar-refractivity contribution in [2.75, 3.05) is 0 Å². The molecule has 1 aliphatic rings. The van der Waals surface area contributed by atoms with Crippen LogP contribution in [0.2, 0.25) is 0 Å². The van der Waals surface area contributed by atoms with Gasteiger partial charge in [0.1, 0.15) is 0 Å². The van der Waals surface area contributed by atoms with Crippen LogP contribution in [0.4, 0.5) is 0 Å². The smallest absolute Gasteiger partial charge is 0.188 e. The highest BCUT2D eigenvalue weighted by Gasteiger charge is 2.28. The minimum Gasteiger partial charge on any atom is -0.289 e. The van der Waals surface area contributed by atoms with Crippen LogP contribution in [0.1, 0.15) is 33.6 Å². The zero-order chi connectivity index (χ0) is 10.8. The summed E-state index contributed by atoms with van der Waals surface area (Å²) in [6.45, 7) is 10.1. The second-order valence-corrected chi connectivity index (χ2v) is 4.43. The lowest BCUT2D eigenvalue weighted by Gasteiger charge is -2.28. The molecule has 0 radical (unpaired) electrons. The molecular formula is C13H18O. The predicted octanol–water partition coefficient (Wildman–Crippen LogP) is 3.43. The molecule has 0 atom stereocenters. The average Bonchev–Trinajstić information content (AvgIpc) is 2.09. The number of carbonyl (C=O) groups is 1. The number of Topliss-reactive ketones (excluding diaryl/α,β-unsaturated/α-hetero) is 1. The Morgan fingerprint density at radius 2 is 2.07 bits per heavy atom. The van der Waals surface area contributed by atoms with Gasteiger partial charge in [0.25, 0.3) is 0 Å². The minimum absolute atomic E-state index is 0.0282. The third kappa shape index (κ3) is 2.03. The molecule has 0 heterocycles. The first-order valence-electron chi connectivity index (χ1n) is 5.11. The van der Waals surface area contributed by atoms with Gasteiger partial charge in [0, 0.05) is 11.1 Å². The van der Waals surface area contributed by atoms with E-state index >= 15 is 0 Å². The second-order valence-electron chi connectivity index (χ2n) is 4.43. The molecule has 1 rings (SSSR count). The summed E-state index contributed by atoms with van der Waals surface area (Å²) in [7, 11) is 0. The van der Waals surface area contributed by atoms with Crippen molar-refractivity contribution < 1.29 is 4.79 Å². The Morgan fingerprint density at radius 1 is 1.43 bits per heavy atom. The van der Waals surface area contributed by atoms with Gasteiger partial charge < -0.3 is 0 Å². The summed E-state index contributed by atoms with van der Waals surface area (Å²) in [5.74, 6) is 0.103. The molecular weight excluding hydrogens is 172 g/mol. The first kappa shape index (κ1) is 11.0. The Morgan fingerprint density at radius 3 is 2.64 bits per heavy atom. The zero-order valence-electron chi connectivity index (χ0n) is 9.26. The largest absolute Gasteiger partial charge is 0.289 e. The zero-order valence-corrected chi connectivity index (χ0v) is 9.26. The average molecular weight is 190 g/mol. The maximum atomic E-state index is 11.8. The van der Waals surface area contributed by atoms with Crippen molar-refractivity contribution >= 4 is 5.78 Å². The lowest BCUT2D eigenvalue weighted by molar-refractivity contribution is -0.113. The molecule has 0 bridgehead atoms. The van der Waals surface area contributed by atoms with Gasteiger partial charge in [0.15, 0.2) is 5.78 Å². The molecule has 0 aromatic rings. The molecule has 1 nitrogen and oxygen atoms in total. The third-order valence-electron chi connectivity index (χ3n) is 2.70. The van der Waals surface area contributed by atoms with Crippen LogP contribution in [0.25, 0.3) is 0 Å². The molecule has 0 amide bonds. The number of rotatable bonds is 3. The van der Waals surface area contributed by atoms with Gasteiger partial charge in [0.05, 0.1) is 0 Å². The topological polar surface area (TPSA) is 17.1 Å². The van der Waals surface area contributed by atoms with Crippen LogP contribution in [0.3, 0.4) is 0 Å². The first-order chi connectivity index (χ1) is 6.49. The predicted molar refractivity (Wildman–Crippen MR) is 60.1 cm³/mol. The molecule has 0 unspecified atom stereocenters. The van der Waals surface area contributed by atoms with E-state index in [1.807, 2.05) is 12.2 Å². The molecule has 14 heavy (non-hydrogen) atoms. The fourth-order valence-corrected chi connectivity index (χ4v) is 1.88. The van der Waals surface area contributed by atoms with E-state index in [0.717, 1.165) is 18.4 Å². The summed E-state index contributed by atoms with van der Waals surface area (Å²) in [6.07, 6.45) is 7.73. The highest BCUT2D eigenvalue weighted by molar-refractivity contribution is 6.11. The van der Waals surface area contributed by atoms with Crippen molar-refractivity contribution in [2.24, 2.45) is 5.41 Å². The number of hydrogen-bond acceptors (Lipinski definition) is 1. The Kier molecular flexibility index (Phi) is 3.10. The van der Waals surface area contributed by atoms with Crippen LogP contribution in [0.5, 0.6) is 0 Å². The van der Waals surface area contributed by atoms with Gasteiger partial charge in [-0.1, -0.05) is 52.0 Å². The Labute approximate surface area is 86.2 Å². The molecule has 0 aromatic carbocycles. The van der Waals surface area contributed by atoms with Gasteiger partial charge in [0.2, 0.25) is 0 Å². The summed E-state index contributed by atoms with van der Waals surface area (Å²) in [4.78, 5) is 11.8. The first-order valence-corrected chi connectivity index (χ1v) is 5.11. The van der Waals surface area contributed by atoms with Gasteiger partial charge in [-0.05, 0) is 11.8 Å². The molecule has 0 saturated heterocycles. The molecule has 76 valence electrons. The molecule has 0 N–H and O–H groups in total. The maximum absolute atomic E-state index is 11.8. The van der Waals surface area contributed by atoms with E-state index in [4.69, 9.17) is 0 Å². The van der Waals surface area contributed by atoms with Gasteiger partial charge >= 0.3 is 0 Å². The van der Waals surface area contributed by atoms with Crippen molar-refractivity contribution in [1.29, 1.82) is 0 Å². The fourth-order valence-electron chi connectivity index (χ4n) is 1.88. The van der Waals surface area contributed by atoms with E-state index in [1.165, 1.54) is 0 Å². The summed E-state index contributed by atoms with van der Waals surface area (Å²) in [5, 5.41) is 0. The van der Waals surface area contributed by atoms with Crippen molar-refractivity contribution in [2.45, 2.75) is 33.6 Å². The third-order valence-corrected chi connectivity index (χ3v) is 2.70. The highest BCUT2D eigenvalue weighted by atomic mass is 16.1. The molecule has 0 spiro atoms. The number of ketones is 1. The standard InChI is InChI=1S/C13H18O/c1-5-9-13(3,4)11-8-6-7-10(2)12(11)14/h6-8H,2,5,9H2,1,3-4H3. The van der Waals surface area contributed by atoms with Crippen LogP contribution < -0.4 is 0 Å². The van der Waals surface area contributed by atoms with Crippen LogP contribution >= 0.6 is 0 Å². The van der Waals surface area contributed by atoms with Crippen LogP contribution in [0, 0.1) is 5.41 Å². The molecule has 1 heteroatoms. The summed E-state index contributed by atoms with van der Waals surface area (Å²) < 4.78 is 0. The number of carbonyl (C=O) groups excluding carboxylic acids is 1. The lowest BCUT2D eigenvalue weighted by Crippen LogP contribution is -2.23. The van der Waals surface area contributed by atoms with Crippen molar-refractivity contribution in [3.8, 4) is 0 Å². The molecule has 0 fully saturated rings. The Balaban J connectivity index is 2.97. The molecule has 0 saturated carbocycles. The minimum atomic E-state index is -0.0282. The van der Waals surface area contributed by atoms with Gasteiger partial charge in [-0.15, -0.1) is 0 Å². The van der Waals surface area contributed by atoms with Crippen molar-refractivity contribution in [1.82, 2.24) is 0 Å². The van der Waals surface area contributed by atoms with E-state index in [-0.39, 0.29) is 11.2 Å². The van der Waals surface area contributed by atoms with Crippen LogP contribution in [0.15, 0.2) is 36.0 Å². The van der Waals surface area contributed by atoms with E-state index in [0.29, 0.717) is 5.57 Å². The van der Waals surface area contributed by atoms with E-state index < -0.39 is 0 Å². The monoisotopic (exact) mass is 190 g/mol. The van der Waals surface area contributed by atoms with Crippen molar-refractivity contribution in [3.63, 3.8) is 0 Å². The molecule has 0 aromatic heterocycles. The Hall–Kier alpha value is -1.11. The molecule has 1 aliphatic carbocycles. The molecule has 0 aliphatic heterocycles. The summed E-state index contributed by atoms with van der Waals surface area (Å²) >= 11 is 0. The van der Waals surface area contributed by atoms with Gasteiger partial charge in [-0.2, -0.15) is 0 Å². The maximum Gasteiger partial charge on any atom is 0.188 e. The number of hydrogen-bond donors (Lipinski definition) is 0. The van der Waals surface area contributed by atoms with Crippen molar-refractivity contribution in [3.05, 3.63) is 36.0 Å². The SMILES string of the molecule is C=C1C=CC=C(C(C)(C)CCC)C1=O. The van der Waals surface area contributed by atoms with E-state index in [2.05, 4.69) is 27.4 Å². The number of allylic oxidation sites excluding steroid dienone is 5. The summed E-state index contributed by atoms with van der Waals surface area (Å²) in [5.41, 5.74) is 1.47. The lowest BCUT2D eigenvalue weighted by atomic mass is 9.75. The normalized spacial score (nSPS) is 17.2. The quantitative estimate of drug-likeness (QED) is 0.623. The van der Waals surface area contributed by atoms with E-state index in [1.54, 1.807) is 6.08 Å². The second kappa shape index (κ2) is 3.95.